The highest BCUT2D eigenvalue weighted by molar-refractivity contribution is 5.49. The summed E-state index contributed by atoms with van der Waals surface area (Å²) >= 11 is 0. The van der Waals surface area contributed by atoms with Gasteiger partial charge in [0.1, 0.15) is 5.75 Å². The Morgan fingerprint density at radius 1 is 1.25 bits per heavy atom. The van der Waals surface area contributed by atoms with Gasteiger partial charge in [-0.05, 0) is 54.9 Å². The van der Waals surface area contributed by atoms with Gasteiger partial charge < -0.3 is 15.8 Å². The molecule has 3 N–H and O–H groups in total. The minimum Gasteiger partial charge on any atom is -0.497 e. The summed E-state index contributed by atoms with van der Waals surface area (Å²) < 4.78 is 5.21. The maximum Gasteiger partial charge on any atom is 0.119 e. The molecule has 2 rings (SSSR count). The van der Waals surface area contributed by atoms with Crippen molar-refractivity contribution in [1.29, 1.82) is 0 Å². The molecule has 0 bridgehead atoms. The van der Waals surface area contributed by atoms with Crippen LogP contribution in [0.5, 0.6) is 5.75 Å². The first-order valence-electron chi connectivity index (χ1n) is 7.53. The predicted octanol–water partition coefficient (Wildman–Crippen LogP) is 3.65. The summed E-state index contributed by atoms with van der Waals surface area (Å²) in [7, 11) is 1.69. The van der Waals surface area contributed by atoms with Crippen LogP contribution in [0.1, 0.15) is 40.0 Å². The van der Waals surface area contributed by atoms with Crippen molar-refractivity contribution in [2.24, 2.45) is 17.1 Å². The first-order valence-corrected chi connectivity index (χ1v) is 7.53. The molecule has 2 atom stereocenters. The minimum absolute atomic E-state index is 0.0180. The van der Waals surface area contributed by atoms with E-state index in [1.54, 1.807) is 7.11 Å². The molecule has 2 unspecified atom stereocenters. The zero-order valence-electron chi connectivity index (χ0n) is 13.2. The van der Waals surface area contributed by atoms with Gasteiger partial charge in [-0.2, -0.15) is 0 Å². The van der Waals surface area contributed by atoms with Gasteiger partial charge >= 0.3 is 0 Å². The van der Waals surface area contributed by atoms with Gasteiger partial charge in [0.05, 0.1) is 12.6 Å². The highest BCUT2D eigenvalue weighted by Crippen LogP contribution is 2.44. The molecular weight excluding hydrogens is 248 g/mol. The number of anilines is 1. The van der Waals surface area contributed by atoms with Crippen LogP contribution < -0.4 is 15.8 Å². The number of nitrogens with one attached hydrogen (secondary N) is 1. The minimum atomic E-state index is 0.0180. The van der Waals surface area contributed by atoms with Crippen LogP contribution in [0.25, 0.3) is 0 Å². The Hall–Kier alpha value is -1.22. The van der Waals surface area contributed by atoms with Gasteiger partial charge in [0.25, 0.3) is 0 Å². The lowest BCUT2D eigenvalue weighted by atomic mass is 9.63. The molecule has 112 valence electrons. The lowest BCUT2D eigenvalue weighted by Gasteiger charge is -2.49. The standard InChI is InChI=1S/C17H28N2O/c1-13-11-16(2,3)9-10-17(13,12-18)19-14-5-7-15(20-4)8-6-14/h5-8,13,19H,9-12,18H2,1-4H3. The highest BCUT2D eigenvalue weighted by atomic mass is 16.5. The monoisotopic (exact) mass is 276 g/mol. The first kappa shape index (κ1) is 15.2. The molecule has 3 heteroatoms. The maximum atomic E-state index is 6.13. The van der Waals surface area contributed by atoms with Gasteiger partial charge in [0, 0.05) is 12.2 Å². The smallest absolute Gasteiger partial charge is 0.119 e. The van der Waals surface area contributed by atoms with Gasteiger partial charge in [0.2, 0.25) is 0 Å². The predicted molar refractivity (Wildman–Crippen MR) is 85.2 cm³/mol. The third kappa shape index (κ3) is 3.09. The first-order chi connectivity index (χ1) is 9.41. The molecule has 0 radical (unpaired) electrons. The van der Waals surface area contributed by atoms with E-state index in [1.807, 2.05) is 12.1 Å². The fraction of sp³-hybridized carbons (Fsp3) is 0.647. The Kier molecular flexibility index (Phi) is 4.28. The third-order valence-electron chi connectivity index (χ3n) is 4.90. The van der Waals surface area contributed by atoms with Crippen LogP contribution in [0, 0.1) is 11.3 Å². The van der Waals surface area contributed by atoms with Crippen molar-refractivity contribution in [3.05, 3.63) is 24.3 Å². The molecule has 1 fully saturated rings. The van der Waals surface area contributed by atoms with Crippen LogP contribution in [-0.4, -0.2) is 19.2 Å². The molecule has 0 spiro atoms. The fourth-order valence-electron chi connectivity index (χ4n) is 3.44. The molecular formula is C17H28N2O. The molecule has 0 amide bonds. The van der Waals surface area contributed by atoms with E-state index < -0.39 is 0 Å². The summed E-state index contributed by atoms with van der Waals surface area (Å²) in [6.07, 6.45) is 3.56. The van der Waals surface area contributed by atoms with Crippen molar-refractivity contribution in [1.82, 2.24) is 0 Å². The van der Waals surface area contributed by atoms with E-state index in [9.17, 15) is 0 Å². The number of nitrogens with two attached hydrogens (primary N) is 1. The zero-order valence-corrected chi connectivity index (χ0v) is 13.2. The second-order valence-corrected chi connectivity index (χ2v) is 6.98. The topological polar surface area (TPSA) is 47.3 Å². The summed E-state index contributed by atoms with van der Waals surface area (Å²) in [6, 6.07) is 8.12. The van der Waals surface area contributed by atoms with Crippen LogP contribution in [-0.2, 0) is 0 Å². The van der Waals surface area contributed by atoms with E-state index in [0.29, 0.717) is 17.9 Å². The van der Waals surface area contributed by atoms with Crippen molar-refractivity contribution >= 4 is 5.69 Å². The SMILES string of the molecule is COc1ccc(NC2(CN)CCC(C)(C)CC2C)cc1. The number of ether oxygens (including phenoxy) is 1. The Balaban J connectivity index is 2.15. The van der Waals surface area contributed by atoms with Crippen molar-refractivity contribution in [2.75, 3.05) is 19.0 Å². The van der Waals surface area contributed by atoms with Gasteiger partial charge in [-0.3, -0.25) is 0 Å². The Morgan fingerprint density at radius 2 is 1.90 bits per heavy atom. The molecule has 0 saturated heterocycles. The van der Waals surface area contributed by atoms with Crippen molar-refractivity contribution < 1.29 is 4.74 Å². The molecule has 1 aliphatic carbocycles. The molecule has 1 saturated carbocycles. The van der Waals surface area contributed by atoms with E-state index in [4.69, 9.17) is 10.5 Å². The third-order valence-corrected chi connectivity index (χ3v) is 4.90. The van der Waals surface area contributed by atoms with Gasteiger partial charge in [0.15, 0.2) is 0 Å². The number of benzene rings is 1. The van der Waals surface area contributed by atoms with Crippen molar-refractivity contribution in [3.8, 4) is 5.75 Å². The van der Waals surface area contributed by atoms with Gasteiger partial charge in [-0.1, -0.05) is 20.8 Å². The second kappa shape index (κ2) is 5.65. The Bertz CT molecular complexity index is 441. The molecule has 3 nitrogen and oxygen atoms in total. The van der Waals surface area contributed by atoms with Gasteiger partial charge in [-0.15, -0.1) is 0 Å². The molecule has 1 aliphatic rings. The second-order valence-electron chi connectivity index (χ2n) is 6.98. The van der Waals surface area contributed by atoms with E-state index in [0.717, 1.165) is 17.9 Å². The Labute approximate surface area is 122 Å². The normalized spacial score (nSPS) is 28.9. The summed E-state index contributed by atoms with van der Waals surface area (Å²) in [5.74, 6) is 1.45. The molecule has 0 aliphatic heterocycles. The Morgan fingerprint density at radius 3 is 2.40 bits per heavy atom. The number of hydrogen-bond acceptors (Lipinski definition) is 3. The van der Waals surface area contributed by atoms with Crippen LogP contribution in [0.15, 0.2) is 24.3 Å². The maximum absolute atomic E-state index is 6.13. The summed E-state index contributed by atoms with van der Waals surface area (Å²) in [4.78, 5) is 0. The number of rotatable bonds is 4. The van der Waals surface area contributed by atoms with Crippen LogP contribution in [0.3, 0.4) is 0 Å². The van der Waals surface area contributed by atoms with Crippen molar-refractivity contribution in [3.63, 3.8) is 0 Å². The van der Waals surface area contributed by atoms with E-state index in [1.165, 1.54) is 12.8 Å². The van der Waals surface area contributed by atoms with E-state index >= 15 is 0 Å². The lowest BCUT2D eigenvalue weighted by Crippen LogP contribution is -2.54. The van der Waals surface area contributed by atoms with Crippen molar-refractivity contribution in [2.45, 2.75) is 45.6 Å². The summed E-state index contributed by atoms with van der Waals surface area (Å²) in [5.41, 5.74) is 7.71. The van der Waals surface area contributed by atoms with E-state index in [-0.39, 0.29) is 5.54 Å². The van der Waals surface area contributed by atoms with E-state index in [2.05, 4.69) is 38.2 Å². The largest absolute Gasteiger partial charge is 0.497 e. The molecule has 0 heterocycles. The summed E-state index contributed by atoms with van der Waals surface area (Å²) in [6.45, 7) is 7.72. The molecule has 1 aromatic carbocycles. The van der Waals surface area contributed by atoms with Crippen LogP contribution >= 0.6 is 0 Å². The summed E-state index contributed by atoms with van der Waals surface area (Å²) in [5, 5.41) is 3.70. The van der Waals surface area contributed by atoms with Gasteiger partial charge in [-0.25, -0.2) is 0 Å². The number of methoxy groups -OCH3 is 1. The zero-order chi connectivity index (χ0) is 14.8. The quantitative estimate of drug-likeness (QED) is 0.882. The van der Waals surface area contributed by atoms with Crippen LogP contribution in [0.4, 0.5) is 5.69 Å². The average molecular weight is 276 g/mol. The molecule has 1 aromatic rings. The molecule has 0 aromatic heterocycles. The highest BCUT2D eigenvalue weighted by Gasteiger charge is 2.42. The number of hydrogen-bond donors (Lipinski definition) is 2. The average Bonchev–Trinajstić information content (AvgIpc) is 2.42. The lowest BCUT2D eigenvalue weighted by molar-refractivity contribution is 0.120. The molecule has 20 heavy (non-hydrogen) atoms. The fourth-order valence-corrected chi connectivity index (χ4v) is 3.44. The van der Waals surface area contributed by atoms with Crippen LogP contribution in [0.2, 0.25) is 0 Å².